The Morgan fingerprint density at radius 1 is 0.971 bits per heavy atom. The summed E-state index contributed by atoms with van der Waals surface area (Å²) in [6.07, 6.45) is -3.32. The van der Waals surface area contributed by atoms with Gasteiger partial charge in [0, 0.05) is 44.2 Å². The fourth-order valence-electron chi connectivity index (χ4n) is 4.54. The highest BCUT2D eigenvalue weighted by Crippen LogP contribution is 2.31. The van der Waals surface area contributed by atoms with Crippen LogP contribution in [0.2, 0.25) is 0 Å². The van der Waals surface area contributed by atoms with E-state index in [1.54, 1.807) is 11.0 Å². The van der Waals surface area contributed by atoms with Crippen LogP contribution < -0.4 is 5.32 Å². The molecule has 0 saturated carbocycles. The Kier molecular flexibility index (Phi) is 6.90. The smallest absolute Gasteiger partial charge is 0.342 e. The van der Waals surface area contributed by atoms with Gasteiger partial charge < -0.3 is 15.1 Å². The summed E-state index contributed by atoms with van der Waals surface area (Å²) in [6.45, 7) is 1.09. The number of para-hydroxylation sites is 1. The number of carbonyl (C=O) groups is 3. The highest BCUT2D eigenvalue weighted by molar-refractivity contribution is 5.93. The lowest BCUT2D eigenvalue weighted by molar-refractivity contribution is -0.138. The van der Waals surface area contributed by atoms with Gasteiger partial charge >= 0.3 is 6.18 Å². The molecule has 9 heteroatoms. The van der Waals surface area contributed by atoms with E-state index in [4.69, 9.17) is 0 Å². The molecule has 0 spiro atoms. The van der Waals surface area contributed by atoms with Crippen molar-refractivity contribution in [3.63, 3.8) is 0 Å². The Morgan fingerprint density at radius 3 is 2.35 bits per heavy atom. The summed E-state index contributed by atoms with van der Waals surface area (Å²) < 4.78 is 38.9. The molecule has 2 saturated heterocycles. The van der Waals surface area contributed by atoms with E-state index in [1.165, 1.54) is 11.0 Å². The second-order valence-electron chi connectivity index (χ2n) is 8.83. The van der Waals surface area contributed by atoms with Gasteiger partial charge in [0.25, 0.3) is 0 Å². The van der Waals surface area contributed by atoms with Crippen LogP contribution >= 0.6 is 0 Å². The van der Waals surface area contributed by atoms with E-state index in [-0.39, 0.29) is 43.1 Å². The van der Waals surface area contributed by atoms with Crippen LogP contribution in [0.5, 0.6) is 0 Å². The molecule has 1 unspecified atom stereocenters. The Balaban J connectivity index is 1.29. The van der Waals surface area contributed by atoms with Gasteiger partial charge in [-0.15, -0.1) is 0 Å². The average molecular weight is 473 g/mol. The molecule has 0 aliphatic carbocycles. The number of hydrogen-bond acceptors (Lipinski definition) is 3. The molecule has 2 aliphatic rings. The Morgan fingerprint density at radius 2 is 1.68 bits per heavy atom. The van der Waals surface area contributed by atoms with Crippen LogP contribution in [0.1, 0.15) is 30.4 Å². The number of halogens is 3. The van der Waals surface area contributed by atoms with Crippen molar-refractivity contribution in [3.05, 3.63) is 65.7 Å². The summed E-state index contributed by atoms with van der Waals surface area (Å²) in [5.74, 6) is -1.16. The number of benzene rings is 2. The predicted octanol–water partition coefficient (Wildman–Crippen LogP) is 3.93. The number of nitrogens with one attached hydrogen (secondary N) is 1. The number of hydrogen-bond donors (Lipinski definition) is 1. The summed E-state index contributed by atoms with van der Waals surface area (Å²) in [6, 6.07) is 14.1. The zero-order valence-corrected chi connectivity index (χ0v) is 18.6. The molecule has 2 aromatic rings. The molecule has 2 fully saturated rings. The van der Waals surface area contributed by atoms with Crippen LogP contribution in [0.25, 0.3) is 0 Å². The third kappa shape index (κ3) is 5.58. The van der Waals surface area contributed by atoms with E-state index in [0.29, 0.717) is 31.5 Å². The molecule has 2 aromatic carbocycles. The topological polar surface area (TPSA) is 69.7 Å². The minimum absolute atomic E-state index is 0.0360. The van der Waals surface area contributed by atoms with Gasteiger partial charge in [0.2, 0.25) is 17.7 Å². The monoisotopic (exact) mass is 473 g/mol. The molecule has 2 aliphatic heterocycles. The van der Waals surface area contributed by atoms with E-state index in [1.807, 2.05) is 30.3 Å². The molecule has 180 valence electrons. The highest BCUT2D eigenvalue weighted by atomic mass is 19.4. The van der Waals surface area contributed by atoms with Crippen molar-refractivity contribution in [2.45, 2.75) is 32.0 Å². The number of piperidine rings is 1. The van der Waals surface area contributed by atoms with Crippen LogP contribution in [0.15, 0.2) is 54.6 Å². The van der Waals surface area contributed by atoms with Gasteiger partial charge in [0.1, 0.15) is 0 Å². The molecule has 0 aromatic heterocycles. The number of nitrogens with zero attached hydrogens (tertiary/aromatic N) is 2. The minimum atomic E-state index is -4.45. The first-order valence-corrected chi connectivity index (χ1v) is 11.3. The van der Waals surface area contributed by atoms with Gasteiger partial charge in [-0.05, 0) is 42.7 Å². The summed E-state index contributed by atoms with van der Waals surface area (Å²) >= 11 is 0. The Labute approximate surface area is 195 Å². The van der Waals surface area contributed by atoms with E-state index in [9.17, 15) is 27.6 Å². The quantitative estimate of drug-likeness (QED) is 0.716. The lowest BCUT2D eigenvalue weighted by Crippen LogP contribution is -2.44. The third-order valence-corrected chi connectivity index (χ3v) is 6.41. The number of likely N-dealkylation sites (tertiary alicyclic amines) is 2. The molecule has 6 nitrogen and oxygen atoms in total. The standard InChI is InChI=1S/C25H26F3N3O3/c26-25(27,28)20-6-4-5-17(13-20)15-31-16-19(14-22(31)32)24(34)30-11-9-18(10-12-30)23(33)29-21-7-2-1-3-8-21/h1-8,13,18-19H,9-12,14-16H2,(H,29,33). The lowest BCUT2D eigenvalue weighted by atomic mass is 9.94. The zero-order valence-electron chi connectivity index (χ0n) is 18.6. The van der Waals surface area contributed by atoms with Crippen molar-refractivity contribution in [3.8, 4) is 0 Å². The van der Waals surface area contributed by atoms with Gasteiger partial charge in [-0.3, -0.25) is 14.4 Å². The van der Waals surface area contributed by atoms with Gasteiger partial charge in [0.05, 0.1) is 11.5 Å². The van der Waals surface area contributed by atoms with E-state index >= 15 is 0 Å². The Hall–Kier alpha value is -3.36. The minimum Gasteiger partial charge on any atom is -0.342 e. The van der Waals surface area contributed by atoms with Gasteiger partial charge in [-0.1, -0.05) is 30.3 Å². The largest absolute Gasteiger partial charge is 0.416 e. The molecule has 3 amide bonds. The van der Waals surface area contributed by atoms with E-state index in [2.05, 4.69) is 5.32 Å². The number of anilines is 1. The van der Waals surface area contributed by atoms with Crippen molar-refractivity contribution >= 4 is 23.4 Å². The van der Waals surface area contributed by atoms with Crippen molar-refractivity contribution in [1.82, 2.24) is 9.80 Å². The first-order valence-electron chi connectivity index (χ1n) is 11.3. The first kappa shape index (κ1) is 23.8. The van der Waals surface area contributed by atoms with Gasteiger partial charge in [-0.2, -0.15) is 13.2 Å². The van der Waals surface area contributed by atoms with Crippen LogP contribution in [-0.2, 0) is 27.1 Å². The molecule has 1 N–H and O–H groups in total. The van der Waals surface area contributed by atoms with Gasteiger partial charge in [0.15, 0.2) is 0 Å². The number of rotatable bonds is 5. The zero-order chi connectivity index (χ0) is 24.3. The summed E-state index contributed by atoms with van der Waals surface area (Å²) in [5, 5.41) is 2.89. The summed E-state index contributed by atoms with van der Waals surface area (Å²) in [5.41, 5.74) is 0.348. The van der Waals surface area contributed by atoms with Crippen molar-refractivity contribution in [1.29, 1.82) is 0 Å². The van der Waals surface area contributed by atoms with E-state index in [0.717, 1.165) is 17.8 Å². The maximum absolute atomic E-state index is 13.0. The molecule has 2 heterocycles. The van der Waals surface area contributed by atoms with Crippen LogP contribution in [0.4, 0.5) is 18.9 Å². The van der Waals surface area contributed by atoms with Crippen molar-refractivity contribution in [2.24, 2.45) is 11.8 Å². The molecular formula is C25H26F3N3O3. The molecular weight excluding hydrogens is 447 g/mol. The third-order valence-electron chi connectivity index (χ3n) is 6.41. The second kappa shape index (κ2) is 9.87. The van der Waals surface area contributed by atoms with Crippen LogP contribution in [0, 0.1) is 11.8 Å². The van der Waals surface area contributed by atoms with E-state index < -0.39 is 17.7 Å². The maximum Gasteiger partial charge on any atom is 0.416 e. The SMILES string of the molecule is O=C(Nc1ccccc1)C1CCN(C(=O)C2CC(=O)N(Cc3cccc(C(F)(F)F)c3)C2)CC1. The van der Waals surface area contributed by atoms with Crippen molar-refractivity contribution in [2.75, 3.05) is 25.0 Å². The Bertz CT molecular complexity index is 1050. The lowest BCUT2D eigenvalue weighted by Gasteiger charge is -2.33. The maximum atomic E-state index is 13.0. The fraction of sp³-hybridized carbons (Fsp3) is 0.400. The molecule has 1 atom stereocenters. The highest BCUT2D eigenvalue weighted by Gasteiger charge is 2.38. The molecule has 0 bridgehead atoms. The molecule has 34 heavy (non-hydrogen) atoms. The molecule has 0 radical (unpaired) electrons. The number of amides is 3. The summed E-state index contributed by atoms with van der Waals surface area (Å²) in [7, 11) is 0. The fourth-order valence-corrected chi connectivity index (χ4v) is 4.54. The summed E-state index contributed by atoms with van der Waals surface area (Å²) in [4.78, 5) is 41.1. The number of carbonyl (C=O) groups excluding carboxylic acids is 3. The van der Waals surface area contributed by atoms with Gasteiger partial charge in [-0.25, -0.2) is 0 Å². The van der Waals surface area contributed by atoms with Crippen LogP contribution in [-0.4, -0.2) is 47.2 Å². The second-order valence-corrected chi connectivity index (χ2v) is 8.83. The predicted molar refractivity (Wildman–Crippen MR) is 119 cm³/mol. The van der Waals surface area contributed by atoms with Crippen molar-refractivity contribution < 1.29 is 27.6 Å². The number of alkyl halides is 3. The molecule has 4 rings (SSSR count). The normalized spacial score (nSPS) is 19.4. The first-order chi connectivity index (χ1) is 16.2. The van der Waals surface area contributed by atoms with Crippen LogP contribution in [0.3, 0.4) is 0 Å². The average Bonchev–Trinajstić information content (AvgIpc) is 3.19.